The van der Waals surface area contributed by atoms with Gasteiger partial charge in [0, 0.05) is 18.9 Å². The normalized spacial score (nSPS) is 31.0. The zero-order valence-electron chi connectivity index (χ0n) is 10.2. The van der Waals surface area contributed by atoms with Gasteiger partial charge in [-0.15, -0.1) is 0 Å². The van der Waals surface area contributed by atoms with E-state index in [4.69, 9.17) is 9.47 Å². The smallest absolute Gasteiger partial charge is 0.329 e. The van der Waals surface area contributed by atoms with Crippen LogP contribution in [-0.4, -0.2) is 37.7 Å². The number of carbonyl (C=O) groups is 2. The van der Waals surface area contributed by atoms with E-state index in [1.807, 2.05) is 13.8 Å². The molecule has 1 aliphatic rings. The molecule has 1 fully saturated rings. The average molecular weight is 229 g/mol. The lowest BCUT2D eigenvalue weighted by atomic mass is 9.77. The molecule has 5 nitrogen and oxygen atoms in total. The van der Waals surface area contributed by atoms with Crippen molar-refractivity contribution in [2.24, 2.45) is 5.41 Å². The topological polar surface area (TPSA) is 64.6 Å². The van der Waals surface area contributed by atoms with Gasteiger partial charge in [-0.05, 0) is 13.8 Å². The molecule has 0 aliphatic carbocycles. The monoisotopic (exact) mass is 229 g/mol. The van der Waals surface area contributed by atoms with E-state index in [0.717, 1.165) is 0 Å². The first-order valence-corrected chi connectivity index (χ1v) is 5.44. The maximum absolute atomic E-state index is 11.7. The van der Waals surface area contributed by atoms with E-state index in [1.165, 1.54) is 0 Å². The van der Waals surface area contributed by atoms with Crippen LogP contribution in [0.4, 0.5) is 0 Å². The number of hydrogen-bond acceptors (Lipinski definition) is 4. The summed E-state index contributed by atoms with van der Waals surface area (Å²) in [7, 11) is 1.57. The molecule has 0 aromatic heterocycles. The highest BCUT2D eigenvalue weighted by molar-refractivity contribution is 5.90. The largest absolute Gasteiger partial charge is 0.464 e. The molecule has 1 amide bonds. The van der Waals surface area contributed by atoms with Crippen molar-refractivity contribution in [3.63, 3.8) is 0 Å². The Morgan fingerprint density at radius 1 is 1.69 bits per heavy atom. The lowest BCUT2D eigenvalue weighted by Crippen LogP contribution is -2.48. The van der Waals surface area contributed by atoms with Crippen LogP contribution >= 0.6 is 0 Å². The molecule has 0 saturated carbocycles. The van der Waals surface area contributed by atoms with Crippen LogP contribution in [0.25, 0.3) is 0 Å². The number of esters is 1. The third-order valence-corrected chi connectivity index (χ3v) is 3.31. The van der Waals surface area contributed by atoms with Gasteiger partial charge in [0.25, 0.3) is 0 Å². The van der Waals surface area contributed by atoms with Crippen LogP contribution in [0.15, 0.2) is 0 Å². The Hall–Kier alpha value is -1.10. The number of hydrogen-bond donors (Lipinski definition) is 1. The first-order valence-electron chi connectivity index (χ1n) is 5.44. The lowest BCUT2D eigenvalue weighted by molar-refractivity contribution is -0.150. The Bertz CT molecular complexity index is 292. The number of methoxy groups -OCH3 is 1. The van der Waals surface area contributed by atoms with E-state index >= 15 is 0 Å². The predicted octanol–water partition coefficient (Wildman–Crippen LogP) is 0.479. The van der Waals surface area contributed by atoms with E-state index in [-0.39, 0.29) is 24.4 Å². The van der Waals surface area contributed by atoms with Crippen LogP contribution in [0.3, 0.4) is 0 Å². The zero-order valence-corrected chi connectivity index (χ0v) is 10.2. The van der Waals surface area contributed by atoms with Crippen molar-refractivity contribution in [1.82, 2.24) is 5.32 Å². The Labute approximate surface area is 95.5 Å². The summed E-state index contributed by atoms with van der Waals surface area (Å²) in [5, 5.41) is 2.65. The van der Waals surface area contributed by atoms with Gasteiger partial charge in [0.05, 0.1) is 12.7 Å². The summed E-state index contributed by atoms with van der Waals surface area (Å²) < 4.78 is 10.2. The van der Waals surface area contributed by atoms with Crippen molar-refractivity contribution < 1.29 is 19.1 Å². The molecule has 1 rings (SSSR count). The molecule has 0 bridgehead atoms. The molecule has 3 unspecified atom stereocenters. The standard InChI is InChI=1S/C11H19NO4/c1-5-16-10(14)9-11(3,7(2)15-4)6-8(13)12-9/h7,9H,5-6H2,1-4H3,(H,12,13). The summed E-state index contributed by atoms with van der Waals surface area (Å²) in [6, 6.07) is -0.616. The molecule has 1 N–H and O–H groups in total. The molecule has 0 radical (unpaired) electrons. The second-order valence-corrected chi connectivity index (χ2v) is 4.31. The fraction of sp³-hybridized carbons (Fsp3) is 0.818. The summed E-state index contributed by atoms with van der Waals surface area (Å²) >= 11 is 0. The van der Waals surface area contributed by atoms with E-state index < -0.39 is 11.5 Å². The second kappa shape index (κ2) is 4.82. The van der Waals surface area contributed by atoms with Crippen molar-refractivity contribution >= 4 is 11.9 Å². The summed E-state index contributed by atoms with van der Waals surface area (Å²) in [6.07, 6.45) is 0.0896. The number of carbonyl (C=O) groups excluding carboxylic acids is 2. The Morgan fingerprint density at radius 3 is 2.81 bits per heavy atom. The van der Waals surface area contributed by atoms with Crippen LogP contribution < -0.4 is 5.32 Å². The van der Waals surface area contributed by atoms with E-state index in [1.54, 1.807) is 14.0 Å². The van der Waals surface area contributed by atoms with Crippen LogP contribution in [0.5, 0.6) is 0 Å². The third-order valence-electron chi connectivity index (χ3n) is 3.31. The molecule has 92 valence electrons. The maximum Gasteiger partial charge on any atom is 0.329 e. The average Bonchev–Trinajstić information content (AvgIpc) is 2.54. The number of ether oxygens (including phenoxy) is 2. The summed E-state index contributed by atoms with van der Waals surface area (Å²) in [5.74, 6) is -0.524. The van der Waals surface area contributed by atoms with Gasteiger partial charge < -0.3 is 14.8 Å². The molecule has 5 heteroatoms. The van der Waals surface area contributed by atoms with Gasteiger partial charge in [-0.2, -0.15) is 0 Å². The fourth-order valence-electron chi connectivity index (χ4n) is 2.03. The quantitative estimate of drug-likeness (QED) is 0.712. The third kappa shape index (κ3) is 2.19. The van der Waals surface area contributed by atoms with Gasteiger partial charge in [0.2, 0.25) is 5.91 Å². The van der Waals surface area contributed by atoms with Crippen molar-refractivity contribution in [1.29, 1.82) is 0 Å². The van der Waals surface area contributed by atoms with Gasteiger partial charge in [-0.25, -0.2) is 4.79 Å². The number of nitrogens with one attached hydrogen (secondary N) is 1. The molecule has 1 heterocycles. The van der Waals surface area contributed by atoms with Gasteiger partial charge in [0.1, 0.15) is 6.04 Å². The van der Waals surface area contributed by atoms with Crippen LogP contribution in [0, 0.1) is 5.41 Å². The van der Waals surface area contributed by atoms with Crippen LogP contribution in [0.1, 0.15) is 27.2 Å². The molecule has 16 heavy (non-hydrogen) atoms. The van der Waals surface area contributed by atoms with Crippen molar-refractivity contribution in [3.05, 3.63) is 0 Å². The van der Waals surface area contributed by atoms with E-state index in [0.29, 0.717) is 6.61 Å². The molecule has 0 spiro atoms. The molecule has 0 aromatic rings. The Morgan fingerprint density at radius 2 is 2.31 bits per heavy atom. The minimum Gasteiger partial charge on any atom is -0.464 e. The molecule has 1 aliphatic heterocycles. The summed E-state index contributed by atoms with van der Waals surface area (Å²) in [5.41, 5.74) is -0.544. The van der Waals surface area contributed by atoms with Gasteiger partial charge in [0.15, 0.2) is 0 Å². The maximum atomic E-state index is 11.7. The van der Waals surface area contributed by atoms with Crippen LogP contribution in [0.2, 0.25) is 0 Å². The van der Waals surface area contributed by atoms with Gasteiger partial charge in [-0.1, -0.05) is 6.92 Å². The second-order valence-electron chi connectivity index (χ2n) is 4.31. The van der Waals surface area contributed by atoms with Crippen molar-refractivity contribution in [2.45, 2.75) is 39.3 Å². The Balaban J connectivity index is 2.88. The molecule has 3 atom stereocenters. The van der Waals surface area contributed by atoms with Crippen molar-refractivity contribution in [3.8, 4) is 0 Å². The van der Waals surface area contributed by atoms with Gasteiger partial charge in [-0.3, -0.25) is 4.79 Å². The van der Waals surface area contributed by atoms with E-state index in [2.05, 4.69) is 5.32 Å². The minimum absolute atomic E-state index is 0.135. The van der Waals surface area contributed by atoms with Gasteiger partial charge >= 0.3 is 5.97 Å². The molecular weight excluding hydrogens is 210 g/mol. The van der Waals surface area contributed by atoms with E-state index in [9.17, 15) is 9.59 Å². The lowest BCUT2D eigenvalue weighted by Gasteiger charge is -2.33. The number of rotatable bonds is 4. The SMILES string of the molecule is CCOC(=O)C1NC(=O)CC1(C)C(C)OC. The predicted molar refractivity (Wildman–Crippen MR) is 57.8 cm³/mol. The first-order chi connectivity index (χ1) is 7.45. The summed E-state index contributed by atoms with van der Waals surface area (Å²) in [6.45, 7) is 5.77. The minimum atomic E-state index is -0.616. The highest BCUT2D eigenvalue weighted by Crippen LogP contribution is 2.37. The van der Waals surface area contributed by atoms with Crippen molar-refractivity contribution in [2.75, 3.05) is 13.7 Å². The number of amides is 1. The molecule has 0 aromatic carbocycles. The molecular formula is C11H19NO4. The zero-order chi connectivity index (χ0) is 12.3. The fourth-order valence-corrected chi connectivity index (χ4v) is 2.03. The highest BCUT2D eigenvalue weighted by Gasteiger charge is 2.51. The summed E-state index contributed by atoms with van der Waals surface area (Å²) in [4.78, 5) is 23.2. The molecule has 1 saturated heterocycles. The Kier molecular flexibility index (Phi) is 3.91. The van der Waals surface area contributed by atoms with Crippen LogP contribution in [-0.2, 0) is 19.1 Å². The highest BCUT2D eigenvalue weighted by atomic mass is 16.5. The first kappa shape index (κ1) is 13.0.